The molecule has 2 heteroatoms. The monoisotopic (exact) mass is 264 g/mol. The molecule has 0 saturated heterocycles. The van der Waals surface area contributed by atoms with Crippen LogP contribution in [0.1, 0.15) is 29.7 Å². The Hall–Kier alpha value is -2.06. The zero-order valence-electron chi connectivity index (χ0n) is 12.0. The first-order chi connectivity index (χ1) is 9.74. The van der Waals surface area contributed by atoms with Crippen molar-refractivity contribution in [1.82, 2.24) is 10.3 Å². The van der Waals surface area contributed by atoms with Gasteiger partial charge in [0.1, 0.15) is 0 Å². The number of hydrogen-bond donors (Lipinski definition) is 2. The fraction of sp³-hybridized carbons (Fsp3) is 0.222. The van der Waals surface area contributed by atoms with Gasteiger partial charge in [-0.2, -0.15) is 0 Å². The maximum Gasteiger partial charge on any atom is 0.0454 e. The number of aromatic nitrogens is 1. The number of nitrogens with one attached hydrogen (secondary N) is 2. The van der Waals surface area contributed by atoms with E-state index < -0.39 is 0 Å². The highest BCUT2D eigenvalue weighted by Crippen LogP contribution is 2.18. The van der Waals surface area contributed by atoms with E-state index in [1.165, 1.54) is 27.6 Å². The quantitative estimate of drug-likeness (QED) is 0.721. The molecule has 0 radical (unpaired) electrons. The van der Waals surface area contributed by atoms with Crippen LogP contribution in [0.4, 0.5) is 0 Å². The van der Waals surface area contributed by atoms with E-state index in [0.29, 0.717) is 6.04 Å². The second-order valence-corrected chi connectivity index (χ2v) is 5.36. The van der Waals surface area contributed by atoms with Crippen LogP contribution in [0.5, 0.6) is 0 Å². The second-order valence-electron chi connectivity index (χ2n) is 5.36. The lowest BCUT2D eigenvalue weighted by atomic mass is 10.0. The normalized spacial score (nSPS) is 12.7. The third kappa shape index (κ3) is 2.61. The van der Waals surface area contributed by atoms with Crippen molar-refractivity contribution in [2.45, 2.75) is 26.4 Å². The van der Waals surface area contributed by atoms with Crippen LogP contribution in [-0.4, -0.2) is 4.98 Å². The molecule has 102 valence electrons. The van der Waals surface area contributed by atoms with E-state index in [2.05, 4.69) is 72.7 Å². The fourth-order valence-corrected chi connectivity index (χ4v) is 2.67. The summed E-state index contributed by atoms with van der Waals surface area (Å²) in [4.78, 5) is 3.22. The van der Waals surface area contributed by atoms with Crippen molar-refractivity contribution < 1.29 is 0 Å². The Morgan fingerprint density at radius 2 is 1.95 bits per heavy atom. The topological polar surface area (TPSA) is 27.8 Å². The lowest BCUT2D eigenvalue weighted by Gasteiger charge is -2.16. The van der Waals surface area contributed by atoms with Gasteiger partial charge < -0.3 is 10.3 Å². The van der Waals surface area contributed by atoms with Crippen molar-refractivity contribution in [3.63, 3.8) is 0 Å². The van der Waals surface area contributed by atoms with E-state index in [1.54, 1.807) is 0 Å². The number of fused-ring (bicyclic) bond motifs is 1. The highest BCUT2D eigenvalue weighted by atomic mass is 14.9. The number of H-pyrrole nitrogens is 1. The molecule has 2 N–H and O–H groups in total. The minimum atomic E-state index is 0.359. The predicted octanol–water partition coefficient (Wildman–Crippen LogP) is 4.33. The van der Waals surface area contributed by atoms with Gasteiger partial charge in [0.05, 0.1) is 0 Å². The molecule has 1 aromatic heterocycles. The number of aromatic amines is 1. The summed E-state index contributed by atoms with van der Waals surface area (Å²) in [6, 6.07) is 17.6. The van der Waals surface area contributed by atoms with Gasteiger partial charge in [0.15, 0.2) is 0 Å². The summed E-state index contributed by atoms with van der Waals surface area (Å²) < 4.78 is 0. The van der Waals surface area contributed by atoms with Gasteiger partial charge >= 0.3 is 0 Å². The van der Waals surface area contributed by atoms with Crippen LogP contribution in [0, 0.1) is 6.92 Å². The molecule has 0 spiro atoms. The molecule has 3 aromatic rings. The number of hydrogen-bond acceptors (Lipinski definition) is 1. The van der Waals surface area contributed by atoms with Crippen LogP contribution in [0.15, 0.2) is 54.7 Å². The second kappa shape index (κ2) is 5.51. The Morgan fingerprint density at radius 1 is 1.10 bits per heavy atom. The van der Waals surface area contributed by atoms with Gasteiger partial charge in [-0.15, -0.1) is 0 Å². The third-order valence-corrected chi connectivity index (χ3v) is 3.89. The Morgan fingerprint density at radius 3 is 2.80 bits per heavy atom. The Labute approximate surface area is 119 Å². The highest BCUT2D eigenvalue weighted by molar-refractivity contribution is 5.79. The van der Waals surface area contributed by atoms with Crippen molar-refractivity contribution in [2.75, 3.05) is 0 Å². The van der Waals surface area contributed by atoms with Gasteiger partial charge in [-0.25, -0.2) is 0 Å². The summed E-state index contributed by atoms with van der Waals surface area (Å²) in [7, 11) is 0. The summed E-state index contributed by atoms with van der Waals surface area (Å²) >= 11 is 0. The molecule has 3 rings (SSSR count). The van der Waals surface area contributed by atoms with Gasteiger partial charge in [0, 0.05) is 24.3 Å². The highest BCUT2D eigenvalue weighted by Gasteiger charge is 2.07. The maximum atomic E-state index is 3.60. The first-order valence-electron chi connectivity index (χ1n) is 7.09. The SMILES string of the molecule is Cc1ccccc1[C@H](C)NCc1ccc2[nH]ccc2c1. The van der Waals surface area contributed by atoms with E-state index in [-0.39, 0.29) is 0 Å². The van der Waals surface area contributed by atoms with Crippen LogP contribution in [0.25, 0.3) is 10.9 Å². The van der Waals surface area contributed by atoms with Crippen molar-refractivity contribution in [3.8, 4) is 0 Å². The molecule has 1 heterocycles. The number of benzene rings is 2. The molecule has 2 aromatic carbocycles. The summed E-state index contributed by atoms with van der Waals surface area (Å²) in [5, 5.41) is 4.87. The first-order valence-corrected chi connectivity index (χ1v) is 7.09. The summed E-state index contributed by atoms with van der Waals surface area (Å²) in [5.41, 5.74) is 5.22. The van der Waals surface area contributed by atoms with Gasteiger partial charge in [0.2, 0.25) is 0 Å². The molecule has 0 amide bonds. The van der Waals surface area contributed by atoms with Gasteiger partial charge in [-0.1, -0.05) is 30.3 Å². The summed E-state index contributed by atoms with van der Waals surface area (Å²) in [6.07, 6.45) is 1.98. The van der Waals surface area contributed by atoms with Crippen molar-refractivity contribution in [1.29, 1.82) is 0 Å². The standard InChI is InChI=1S/C18H20N2/c1-13-5-3-4-6-17(13)14(2)20-12-15-7-8-18-16(11-15)9-10-19-18/h3-11,14,19-20H,12H2,1-2H3/t14-/m0/s1. The fourth-order valence-electron chi connectivity index (χ4n) is 2.67. The molecular formula is C18H20N2. The lowest BCUT2D eigenvalue weighted by Crippen LogP contribution is -2.18. The van der Waals surface area contributed by atoms with Gasteiger partial charge in [-0.05, 0) is 54.1 Å². The number of rotatable bonds is 4. The minimum absolute atomic E-state index is 0.359. The van der Waals surface area contributed by atoms with Crippen molar-refractivity contribution >= 4 is 10.9 Å². The Kier molecular flexibility index (Phi) is 3.57. The van der Waals surface area contributed by atoms with Crippen LogP contribution >= 0.6 is 0 Å². The van der Waals surface area contributed by atoms with E-state index in [4.69, 9.17) is 0 Å². The van der Waals surface area contributed by atoms with E-state index in [1.807, 2.05) is 6.20 Å². The van der Waals surface area contributed by atoms with Gasteiger partial charge in [-0.3, -0.25) is 0 Å². The largest absolute Gasteiger partial charge is 0.361 e. The third-order valence-electron chi connectivity index (χ3n) is 3.89. The first kappa shape index (κ1) is 12.9. The molecule has 0 aliphatic rings. The van der Waals surface area contributed by atoms with Crippen LogP contribution in [-0.2, 0) is 6.54 Å². The molecule has 0 aliphatic heterocycles. The Bertz CT molecular complexity index is 712. The molecule has 0 aliphatic carbocycles. The van der Waals surface area contributed by atoms with Crippen molar-refractivity contribution in [2.24, 2.45) is 0 Å². The maximum absolute atomic E-state index is 3.60. The molecule has 2 nitrogen and oxygen atoms in total. The van der Waals surface area contributed by atoms with Crippen LogP contribution in [0.3, 0.4) is 0 Å². The van der Waals surface area contributed by atoms with Crippen molar-refractivity contribution in [3.05, 3.63) is 71.4 Å². The molecule has 0 unspecified atom stereocenters. The van der Waals surface area contributed by atoms with E-state index in [0.717, 1.165) is 6.54 Å². The number of aryl methyl sites for hydroxylation is 1. The molecule has 0 bridgehead atoms. The zero-order chi connectivity index (χ0) is 13.9. The average Bonchev–Trinajstić information content (AvgIpc) is 2.92. The summed E-state index contributed by atoms with van der Waals surface area (Å²) in [5.74, 6) is 0. The minimum Gasteiger partial charge on any atom is -0.361 e. The average molecular weight is 264 g/mol. The van der Waals surface area contributed by atoms with Crippen LogP contribution < -0.4 is 5.32 Å². The van der Waals surface area contributed by atoms with E-state index >= 15 is 0 Å². The van der Waals surface area contributed by atoms with Gasteiger partial charge in [0.25, 0.3) is 0 Å². The Balaban J connectivity index is 1.71. The zero-order valence-corrected chi connectivity index (χ0v) is 12.0. The molecule has 0 fully saturated rings. The van der Waals surface area contributed by atoms with Crippen LogP contribution in [0.2, 0.25) is 0 Å². The smallest absolute Gasteiger partial charge is 0.0454 e. The lowest BCUT2D eigenvalue weighted by molar-refractivity contribution is 0.572. The van der Waals surface area contributed by atoms with E-state index in [9.17, 15) is 0 Å². The summed E-state index contributed by atoms with van der Waals surface area (Å²) in [6.45, 7) is 5.27. The molecule has 20 heavy (non-hydrogen) atoms. The molecule has 0 saturated carbocycles. The predicted molar refractivity (Wildman–Crippen MR) is 84.7 cm³/mol. The molecular weight excluding hydrogens is 244 g/mol. The molecule has 1 atom stereocenters.